The van der Waals surface area contributed by atoms with Crippen LogP contribution in [0.3, 0.4) is 0 Å². The van der Waals surface area contributed by atoms with Crippen LogP contribution in [0.1, 0.15) is 33.1 Å². The topological polar surface area (TPSA) is 64.3 Å². The molecule has 4 heteroatoms. The number of carbonyl (C=O) groups excluding carboxylic acids is 1. The van der Waals surface area contributed by atoms with E-state index in [1.165, 1.54) is 0 Å². The first kappa shape index (κ1) is 11.5. The van der Waals surface area contributed by atoms with Gasteiger partial charge in [0.25, 0.3) is 0 Å². The Labute approximate surface area is 85.2 Å². The molecule has 0 saturated heterocycles. The van der Waals surface area contributed by atoms with Crippen LogP contribution in [0.2, 0.25) is 0 Å². The molecule has 0 bridgehead atoms. The molecule has 1 unspecified atom stereocenters. The zero-order valence-corrected chi connectivity index (χ0v) is 8.95. The van der Waals surface area contributed by atoms with Crippen molar-refractivity contribution in [3.05, 3.63) is 0 Å². The Bertz CT molecular complexity index is 189. The summed E-state index contributed by atoms with van der Waals surface area (Å²) in [6.07, 6.45) is 2.65. The molecule has 0 aromatic rings. The molecule has 1 aliphatic rings. The highest BCUT2D eigenvalue weighted by Gasteiger charge is 2.30. The van der Waals surface area contributed by atoms with Crippen molar-refractivity contribution in [2.45, 2.75) is 51.3 Å². The first-order valence-electron chi connectivity index (χ1n) is 5.28. The van der Waals surface area contributed by atoms with Crippen molar-refractivity contribution in [1.82, 2.24) is 5.32 Å². The zero-order valence-electron chi connectivity index (χ0n) is 8.95. The Morgan fingerprint density at radius 1 is 1.64 bits per heavy atom. The van der Waals surface area contributed by atoms with Crippen LogP contribution in [0.15, 0.2) is 0 Å². The van der Waals surface area contributed by atoms with E-state index in [4.69, 9.17) is 10.5 Å². The number of amides is 1. The van der Waals surface area contributed by atoms with Crippen LogP contribution in [0, 0.1) is 0 Å². The van der Waals surface area contributed by atoms with Crippen molar-refractivity contribution in [3.8, 4) is 0 Å². The first-order chi connectivity index (χ1) is 6.61. The molecule has 14 heavy (non-hydrogen) atoms. The quantitative estimate of drug-likeness (QED) is 0.675. The lowest BCUT2D eigenvalue weighted by molar-refractivity contribution is -0.123. The summed E-state index contributed by atoms with van der Waals surface area (Å²) in [7, 11) is 0. The SMILES string of the molecule is CCOC1CC(NC(=O)CC(C)N)C1. The summed E-state index contributed by atoms with van der Waals surface area (Å²) in [6.45, 7) is 4.58. The molecule has 0 radical (unpaired) electrons. The molecule has 1 rings (SSSR count). The van der Waals surface area contributed by atoms with Gasteiger partial charge < -0.3 is 15.8 Å². The smallest absolute Gasteiger partial charge is 0.221 e. The van der Waals surface area contributed by atoms with Crippen LogP contribution in [0.4, 0.5) is 0 Å². The first-order valence-corrected chi connectivity index (χ1v) is 5.28. The molecule has 3 N–H and O–H groups in total. The fraction of sp³-hybridized carbons (Fsp3) is 0.900. The molecule has 1 fully saturated rings. The number of rotatable bonds is 5. The summed E-state index contributed by atoms with van der Waals surface area (Å²) in [4.78, 5) is 11.3. The van der Waals surface area contributed by atoms with Gasteiger partial charge in [0, 0.05) is 25.1 Å². The van der Waals surface area contributed by atoms with E-state index in [2.05, 4.69) is 5.32 Å². The van der Waals surface area contributed by atoms with E-state index < -0.39 is 0 Å². The maximum Gasteiger partial charge on any atom is 0.221 e. The molecular weight excluding hydrogens is 180 g/mol. The van der Waals surface area contributed by atoms with Crippen LogP contribution in [0.25, 0.3) is 0 Å². The second-order valence-electron chi connectivity index (χ2n) is 3.99. The van der Waals surface area contributed by atoms with E-state index in [1.807, 2.05) is 13.8 Å². The van der Waals surface area contributed by atoms with Gasteiger partial charge in [0.2, 0.25) is 5.91 Å². The maximum atomic E-state index is 11.3. The van der Waals surface area contributed by atoms with Gasteiger partial charge in [-0.2, -0.15) is 0 Å². The Hall–Kier alpha value is -0.610. The van der Waals surface area contributed by atoms with Gasteiger partial charge in [-0.05, 0) is 26.7 Å². The summed E-state index contributed by atoms with van der Waals surface area (Å²) >= 11 is 0. The monoisotopic (exact) mass is 200 g/mol. The Morgan fingerprint density at radius 3 is 2.79 bits per heavy atom. The fourth-order valence-corrected chi connectivity index (χ4v) is 1.63. The molecule has 0 aliphatic heterocycles. The van der Waals surface area contributed by atoms with Crippen molar-refractivity contribution >= 4 is 5.91 Å². The average Bonchev–Trinajstić information content (AvgIpc) is 1.99. The summed E-state index contributed by atoms with van der Waals surface area (Å²) in [5, 5.41) is 2.94. The number of ether oxygens (including phenoxy) is 1. The van der Waals surface area contributed by atoms with Crippen molar-refractivity contribution < 1.29 is 9.53 Å². The van der Waals surface area contributed by atoms with Gasteiger partial charge in [-0.1, -0.05) is 0 Å². The maximum absolute atomic E-state index is 11.3. The van der Waals surface area contributed by atoms with Crippen LogP contribution in [0.5, 0.6) is 0 Å². The highest BCUT2D eigenvalue weighted by Crippen LogP contribution is 2.23. The average molecular weight is 200 g/mol. The van der Waals surface area contributed by atoms with Crippen molar-refractivity contribution in [2.75, 3.05) is 6.61 Å². The third-order valence-corrected chi connectivity index (χ3v) is 2.37. The van der Waals surface area contributed by atoms with Crippen LogP contribution < -0.4 is 11.1 Å². The Balaban J connectivity index is 2.07. The van der Waals surface area contributed by atoms with Gasteiger partial charge in [-0.3, -0.25) is 4.79 Å². The molecule has 4 nitrogen and oxygen atoms in total. The van der Waals surface area contributed by atoms with Gasteiger partial charge in [-0.15, -0.1) is 0 Å². The summed E-state index contributed by atoms with van der Waals surface area (Å²) in [6, 6.07) is 0.246. The molecule has 1 amide bonds. The third kappa shape index (κ3) is 3.64. The van der Waals surface area contributed by atoms with E-state index >= 15 is 0 Å². The van der Waals surface area contributed by atoms with Crippen molar-refractivity contribution in [3.63, 3.8) is 0 Å². The second-order valence-corrected chi connectivity index (χ2v) is 3.99. The highest BCUT2D eigenvalue weighted by atomic mass is 16.5. The predicted octanol–water partition coefficient (Wildman–Crippen LogP) is 0.407. The van der Waals surface area contributed by atoms with E-state index in [0.29, 0.717) is 18.6 Å². The minimum Gasteiger partial charge on any atom is -0.378 e. The number of nitrogens with one attached hydrogen (secondary N) is 1. The highest BCUT2D eigenvalue weighted by molar-refractivity contribution is 5.76. The number of nitrogens with two attached hydrogens (primary N) is 1. The number of hydrogen-bond donors (Lipinski definition) is 2. The molecule has 1 saturated carbocycles. The normalized spacial score (nSPS) is 27.9. The summed E-state index contributed by atoms with van der Waals surface area (Å²) in [5.41, 5.74) is 5.52. The molecule has 0 spiro atoms. The molecule has 0 heterocycles. The van der Waals surface area contributed by atoms with Crippen LogP contribution >= 0.6 is 0 Å². The van der Waals surface area contributed by atoms with Gasteiger partial charge in [0.1, 0.15) is 0 Å². The molecule has 1 aliphatic carbocycles. The lowest BCUT2D eigenvalue weighted by Crippen LogP contribution is -2.48. The van der Waals surface area contributed by atoms with Gasteiger partial charge in [0.05, 0.1) is 6.10 Å². The lowest BCUT2D eigenvalue weighted by atomic mass is 9.89. The molecule has 1 atom stereocenters. The lowest BCUT2D eigenvalue weighted by Gasteiger charge is -2.35. The van der Waals surface area contributed by atoms with Gasteiger partial charge in [-0.25, -0.2) is 0 Å². The minimum atomic E-state index is -0.0576. The summed E-state index contributed by atoms with van der Waals surface area (Å²) < 4.78 is 5.39. The second kappa shape index (κ2) is 5.32. The van der Waals surface area contributed by atoms with E-state index in [-0.39, 0.29) is 11.9 Å². The number of hydrogen-bond acceptors (Lipinski definition) is 3. The third-order valence-electron chi connectivity index (χ3n) is 2.37. The van der Waals surface area contributed by atoms with E-state index in [0.717, 1.165) is 19.4 Å². The zero-order chi connectivity index (χ0) is 10.6. The Morgan fingerprint density at radius 2 is 2.29 bits per heavy atom. The van der Waals surface area contributed by atoms with Crippen molar-refractivity contribution in [2.24, 2.45) is 5.73 Å². The van der Waals surface area contributed by atoms with Crippen LogP contribution in [-0.2, 0) is 9.53 Å². The predicted molar refractivity (Wildman–Crippen MR) is 54.8 cm³/mol. The molecule has 82 valence electrons. The van der Waals surface area contributed by atoms with Gasteiger partial charge in [0.15, 0.2) is 0 Å². The molecular formula is C10H20N2O2. The largest absolute Gasteiger partial charge is 0.378 e. The number of carbonyl (C=O) groups is 1. The Kier molecular flexibility index (Phi) is 4.35. The van der Waals surface area contributed by atoms with E-state index in [9.17, 15) is 4.79 Å². The fourth-order valence-electron chi connectivity index (χ4n) is 1.63. The van der Waals surface area contributed by atoms with Crippen LogP contribution in [-0.4, -0.2) is 30.7 Å². The molecule has 0 aromatic carbocycles. The standard InChI is InChI=1S/C10H20N2O2/c1-3-14-9-5-8(6-9)12-10(13)4-7(2)11/h7-9H,3-6,11H2,1-2H3,(H,12,13). The van der Waals surface area contributed by atoms with Crippen molar-refractivity contribution in [1.29, 1.82) is 0 Å². The summed E-state index contributed by atoms with van der Waals surface area (Å²) in [5.74, 6) is 0.0555. The minimum absolute atomic E-state index is 0.0555. The van der Waals surface area contributed by atoms with Gasteiger partial charge >= 0.3 is 0 Å². The molecule has 0 aromatic heterocycles. The van der Waals surface area contributed by atoms with E-state index in [1.54, 1.807) is 0 Å².